The Kier molecular flexibility index (Phi) is 6.56. The average Bonchev–Trinajstić information content (AvgIpc) is 3.00. The van der Waals surface area contributed by atoms with Crippen molar-refractivity contribution in [3.05, 3.63) is 69.9 Å². The topological polar surface area (TPSA) is 53.1 Å². The van der Waals surface area contributed by atoms with Crippen LogP contribution in [0.1, 0.15) is 27.8 Å². The van der Waals surface area contributed by atoms with Gasteiger partial charge >= 0.3 is 0 Å². The minimum atomic E-state index is -0.235. The van der Waals surface area contributed by atoms with Crippen LogP contribution < -0.4 is 4.74 Å². The number of hydrogen-bond acceptors (Lipinski definition) is 5. The van der Waals surface area contributed by atoms with E-state index in [2.05, 4.69) is 22.9 Å². The minimum absolute atomic E-state index is 0.218. The number of aryl methyl sites for hydroxylation is 4. The lowest BCUT2D eigenvalue weighted by Gasteiger charge is -2.34. The van der Waals surface area contributed by atoms with Crippen molar-refractivity contribution in [3.8, 4) is 5.75 Å². The number of likely N-dealkylation sites (N-methyl/N-ethyl adjacent to an activating group) is 1. The molecule has 0 aliphatic carbocycles. The first-order chi connectivity index (χ1) is 15.7. The molecule has 0 spiro atoms. The molecule has 2 amide bonds. The number of ether oxygens (including phenoxy) is 1. The number of benzene rings is 2. The van der Waals surface area contributed by atoms with Crippen LogP contribution in [0.3, 0.4) is 0 Å². The molecule has 0 bridgehead atoms. The van der Waals surface area contributed by atoms with Crippen LogP contribution in [0.5, 0.6) is 5.75 Å². The van der Waals surface area contributed by atoms with Crippen LogP contribution in [-0.2, 0) is 9.59 Å². The summed E-state index contributed by atoms with van der Waals surface area (Å²) in [4.78, 5) is 32.7. The van der Waals surface area contributed by atoms with Crippen LogP contribution in [0, 0.1) is 27.7 Å². The smallest absolute Gasteiger partial charge is 0.277 e. The molecule has 33 heavy (non-hydrogen) atoms. The number of nitrogens with zero attached hydrogens (tertiary/aromatic N) is 3. The molecule has 0 radical (unpaired) electrons. The van der Waals surface area contributed by atoms with Crippen molar-refractivity contribution >= 4 is 17.4 Å². The van der Waals surface area contributed by atoms with E-state index in [1.54, 1.807) is 0 Å². The van der Waals surface area contributed by atoms with Gasteiger partial charge in [0.15, 0.2) is 0 Å². The number of rotatable bonds is 6. The van der Waals surface area contributed by atoms with Crippen molar-refractivity contribution in [3.63, 3.8) is 0 Å². The van der Waals surface area contributed by atoms with Gasteiger partial charge in [-0.1, -0.05) is 24.3 Å². The molecule has 0 saturated carbocycles. The van der Waals surface area contributed by atoms with E-state index in [1.807, 2.05) is 58.0 Å². The number of piperazine rings is 1. The van der Waals surface area contributed by atoms with Gasteiger partial charge in [-0.2, -0.15) is 0 Å². The molecule has 6 nitrogen and oxygen atoms in total. The van der Waals surface area contributed by atoms with Crippen LogP contribution in [0.2, 0.25) is 0 Å². The number of carbonyl (C=O) groups excluding carboxylic acids is 2. The van der Waals surface area contributed by atoms with Crippen molar-refractivity contribution in [2.75, 3.05) is 46.4 Å². The van der Waals surface area contributed by atoms with E-state index < -0.39 is 0 Å². The Morgan fingerprint density at radius 1 is 0.818 bits per heavy atom. The Morgan fingerprint density at radius 3 is 2.12 bits per heavy atom. The van der Waals surface area contributed by atoms with Crippen LogP contribution in [0.15, 0.2) is 42.1 Å². The zero-order valence-electron chi connectivity index (χ0n) is 20.3. The molecule has 0 aromatic heterocycles. The van der Waals surface area contributed by atoms with E-state index in [-0.39, 0.29) is 25.0 Å². The summed E-state index contributed by atoms with van der Waals surface area (Å²) in [5.74, 6) is 0.302. The summed E-state index contributed by atoms with van der Waals surface area (Å²) in [6, 6.07) is 12.0. The normalized spacial score (nSPS) is 17.4. The summed E-state index contributed by atoms with van der Waals surface area (Å²) in [5.41, 5.74) is 6.36. The highest BCUT2D eigenvalue weighted by atomic mass is 16.5. The van der Waals surface area contributed by atoms with Gasteiger partial charge in [-0.25, -0.2) is 0 Å². The molecule has 0 N–H and O–H groups in total. The fourth-order valence-electron chi connectivity index (χ4n) is 4.52. The molecule has 0 unspecified atom stereocenters. The van der Waals surface area contributed by atoms with Crippen molar-refractivity contribution in [2.45, 2.75) is 27.7 Å². The fraction of sp³-hybridized carbons (Fsp3) is 0.407. The Hall–Kier alpha value is -3.12. The van der Waals surface area contributed by atoms with Gasteiger partial charge in [0.1, 0.15) is 18.1 Å². The molecule has 0 atom stereocenters. The van der Waals surface area contributed by atoms with Crippen molar-refractivity contribution in [2.24, 2.45) is 0 Å². The molecular formula is C27H33N3O3. The van der Waals surface area contributed by atoms with E-state index in [4.69, 9.17) is 4.74 Å². The first-order valence-electron chi connectivity index (χ1n) is 11.6. The monoisotopic (exact) mass is 447 g/mol. The lowest BCUT2D eigenvalue weighted by molar-refractivity contribution is -0.138. The maximum atomic E-state index is 13.5. The van der Waals surface area contributed by atoms with E-state index in [0.29, 0.717) is 11.3 Å². The molecule has 6 heteroatoms. The summed E-state index contributed by atoms with van der Waals surface area (Å²) >= 11 is 0. The Balaban J connectivity index is 1.59. The fourth-order valence-corrected chi connectivity index (χ4v) is 4.52. The van der Waals surface area contributed by atoms with Gasteiger partial charge in [-0.05, 0) is 74.7 Å². The van der Waals surface area contributed by atoms with Crippen LogP contribution in [0.4, 0.5) is 0 Å². The van der Waals surface area contributed by atoms with Crippen LogP contribution >= 0.6 is 0 Å². The summed E-state index contributed by atoms with van der Waals surface area (Å²) in [7, 11) is 2.08. The highest BCUT2D eigenvalue weighted by Crippen LogP contribution is 2.33. The zero-order valence-corrected chi connectivity index (χ0v) is 20.3. The van der Waals surface area contributed by atoms with E-state index in [0.717, 1.165) is 59.7 Å². The molecule has 2 aliphatic heterocycles. The van der Waals surface area contributed by atoms with Crippen LogP contribution in [0.25, 0.3) is 5.57 Å². The first-order valence-corrected chi connectivity index (χ1v) is 11.6. The number of hydrogen-bond donors (Lipinski definition) is 0. The van der Waals surface area contributed by atoms with Gasteiger partial charge in [0, 0.05) is 26.2 Å². The van der Waals surface area contributed by atoms with E-state index in [9.17, 15) is 9.59 Å². The third-order valence-corrected chi connectivity index (χ3v) is 6.54. The number of carbonyl (C=O) groups is 2. The third-order valence-electron chi connectivity index (χ3n) is 6.54. The Labute approximate surface area is 196 Å². The summed E-state index contributed by atoms with van der Waals surface area (Å²) in [5, 5.41) is 0. The van der Waals surface area contributed by atoms with E-state index >= 15 is 0 Å². The second-order valence-corrected chi connectivity index (χ2v) is 9.25. The quantitative estimate of drug-likeness (QED) is 0.636. The van der Waals surface area contributed by atoms with E-state index in [1.165, 1.54) is 4.90 Å². The van der Waals surface area contributed by atoms with Crippen molar-refractivity contribution in [1.29, 1.82) is 0 Å². The summed E-state index contributed by atoms with van der Waals surface area (Å²) in [6.45, 7) is 11.8. The van der Waals surface area contributed by atoms with Gasteiger partial charge in [0.05, 0.1) is 12.1 Å². The molecule has 2 aromatic carbocycles. The lowest BCUT2D eigenvalue weighted by atomic mass is 9.99. The first kappa shape index (κ1) is 23.1. The molecule has 1 saturated heterocycles. The Bertz CT molecular complexity index is 1090. The van der Waals surface area contributed by atoms with Gasteiger partial charge in [0.25, 0.3) is 11.8 Å². The predicted molar refractivity (Wildman–Crippen MR) is 130 cm³/mol. The predicted octanol–water partition coefficient (Wildman–Crippen LogP) is 3.33. The van der Waals surface area contributed by atoms with Gasteiger partial charge in [0.2, 0.25) is 0 Å². The van der Waals surface area contributed by atoms with Gasteiger partial charge in [-0.3, -0.25) is 14.5 Å². The molecule has 1 fully saturated rings. The zero-order chi connectivity index (χ0) is 23.7. The lowest BCUT2D eigenvalue weighted by Crippen LogP contribution is -2.46. The largest absolute Gasteiger partial charge is 0.492 e. The second-order valence-electron chi connectivity index (χ2n) is 9.25. The number of amides is 2. The third kappa shape index (κ3) is 4.81. The average molecular weight is 448 g/mol. The maximum Gasteiger partial charge on any atom is 0.277 e. The highest BCUT2D eigenvalue weighted by molar-refractivity contribution is 6.35. The summed E-state index contributed by atoms with van der Waals surface area (Å²) < 4.78 is 5.91. The molecule has 2 aliphatic rings. The van der Waals surface area contributed by atoms with Crippen molar-refractivity contribution < 1.29 is 14.3 Å². The molecule has 2 aromatic rings. The Morgan fingerprint density at radius 2 is 1.48 bits per heavy atom. The highest BCUT2D eigenvalue weighted by Gasteiger charge is 2.42. The minimum Gasteiger partial charge on any atom is -0.492 e. The number of imide groups is 1. The van der Waals surface area contributed by atoms with Gasteiger partial charge < -0.3 is 14.5 Å². The molecule has 174 valence electrons. The molecular weight excluding hydrogens is 414 g/mol. The standard InChI is InChI=1S/C27H33N3O3/c1-18-14-19(2)16-23(15-18)33-13-12-30-26(31)24(22-7-6-20(3)21(4)17-22)25(27(30)32)29-10-8-28(5)9-11-29/h6-7,14-17H,8-13H2,1-5H3. The van der Waals surface area contributed by atoms with Gasteiger partial charge in [-0.15, -0.1) is 0 Å². The van der Waals surface area contributed by atoms with Crippen LogP contribution in [-0.4, -0.2) is 72.9 Å². The maximum absolute atomic E-state index is 13.5. The summed E-state index contributed by atoms with van der Waals surface area (Å²) in [6.07, 6.45) is 0. The second kappa shape index (κ2) is 9.40. The molecule has 4 rings (SSSR count). The SMILES string of the molecule is Cc1cc(C)cc(OCCN2C(=O)C(c3ccc(C)c(C)c3)=C(N3CCN(C)CC3)C2=O)c1. The molecule has 2 heterocycles. The van der Waals surface area contributed by atoms with Crippen molar-refractivity contribution in [1.82, 2.24) is 14.7 Å².